The lowest BCUT2D eigenvalue weighted by atomic mass is 9.88. The minimum absolute atomic E-state index is 0.247. The fourth-order valence-electron chi connectivity index (χ4n) is 3.61. The Morgan fingerprint density at radius 1 is 0.913 bits per heavy atom. The second kappa shape index (κ2) is 9.32. The maximum atomic E-state index is 5.78. The predicted molar refractivity (Wildman–Crippen MR) is 98.4 cm³/mol. The van der Waals surface area contributed by atoms with E-state index in [0.717, 1.165) is 11.7 Å². The second-order valence-corrected chi connectivity index (χ2v) is 7.90. The number of rotatable bonds is 9. The Kier molecular flexibility index (Phi) is 7.42. The number of likely N-dealkylation sites (tertiary alicyclic amines) is 1. The van der Waals surface area contributed by atoms with E-state index in [1.165, 1.54) is 57.3 Å². The van der Waals surface area contributed by atoms with Crippen LogP contribution in [0.5, 0.6) is 5.75 Å². The summed E-state index contributed by atoms with van der Waals surface area (Å²) >= 11 is 0. The first-order valence-electron chi connectivity index (χ1n) is 9.64. The lowest BCUT2D eigenvalue weighted by molar-refractivity contribution is -0.887. The molecule has 130 valence electrons. The third-order valence-corrected chi connectivity index (χ3v) is 4.97. The molecule has 2 nitrogen and oxygen atoms in total. The Hall–Kier alpha value is -1.02. The Labute approximate surface area is 143 Å². The number of quaternary nitrogens is 1. The van der Waals surface area contributed by atoms with Crippen LogP contribution in [0.25, 0.3) is 0 Å². The van der Waals surface area contributed by atoms with Crippen LogP contribution in [0.1, 0.15) is 71.3 Å². The average molecular weight is 319 g/mol. The minimum Gasteiger partial charge on any atom is -0.491 e. The van der Waals surface area contributed by atoms with Gasteiger partial charge in [0.05, 0.1) is 25.7 Å². The number of hydrogen-bond acceptors (Lipinski definition) is 1. The van der Waals surface area contributed by atoms with E-state index >= 15 is 0 Å². The van der Waals surface area contributed by atoms with E-state index in [1.807, 2.05) is 4.90 Å². The summed E-state index contributed by atoms with van der Waals surface area (Å²) in [4.78, 5) is 1.82. The summed E-state index contributed by atoms with van der Waals surface area (Å²) in [6.07, 6.45) is 7.06. The first-order chi connectivity index (χ1) is 11.0. The zero-order valence-corrected chi connectivity index (χ0v) is 15.6. The van der Waals surface area contributed by atoms with Crippen LogP contribution in [-0.2, 0) is 0 Å². The van der Waals surface area contributed by atoms with E-state index < -0.39 is 0 Å². The molecule has 1 fully saturated rings. The van der Waals surface area contributed by atoms with E-state index in [9.17, 15) is 0 Å². The predicted octanol–water partition coefficient (Wildman–Crippen LogP) is 4.06. The maximum absolute atomic E-state index is 5.78. The van der Waals surface area contributed by atoms with Gasteiger partial charge in [0.2, 0.25) is 0 Å². The molecule has 0 amide bonds. The Balaban J connectivity index is 1.96. The fourth-order valence-corrected chi connectivity index (χ4v) is 3.61. The molecule has 1 atom stereocenters. The highest BCUT2D eigenvalue weighted by molar-refractivity contribution is 5.29. The van der Waals surface area contributed by atoms with Gasteiger partial charge in [-0.2, -0.15) is 0 Å². The minimum atomic E-state index is 0.247. The number of ether oxygens (including phenoxy) is 1. The molecule has 0 saturated carbocycles. The van der Waals surface area contributed by atoms with Crippen molar-refractivity contribution in [2.24, 2.45) is 5.92 Å². The van der Waals surface area contributed by atoms with Gasteiger partial charge in [0.1, 0.15) is 5.75 Å². The molecule has 1 aromatic rings. The first-order valence-corrected chi connectivity index (χ1v) is 9.64. The molecule has 0 spiro atoms. The van der Waals surface area contributed by atoms with Crippen LogP contribution < -0.4 is 9.64 Å². The molecular weight excluding hydrogens is 282 g/mol. The largest absolute Gasteiger partial charge is 0.491 e. The van der Waals surface area contributed by atoms with Gasteiger partial charge >= 0.3 is 0 Å². The van der Waals surface area contributed by atoms with Crippen molar-refractivity contribution in [3.8, 4) is 5.75 Å². The number of nitrogens with one attached hydrogen (secondary N) is 1. The first kappa shape index (κ1) is 18.3. The van der Waals surface area contributed by atoms with E-state index in [4.69, 9.17) is 4.74 Å². The molecule has 0 radical (unpaired) electrons. The summed E-state index contributed by atoms with van der Waals surface area (Å²) in [5.74, 6) is 2.50. The zero-order chi connectivity index (χ0) is 16.7. The van der Waals surface area contributed by atoms with Gasteiger partial charge in [-0.25, -0.2) is 0 Å². The lowest BCUT2D eigenvalue weighted by Gasteiger charge is -2.21. The van der Waals surface area contributed by atoms with Crippen molar-refractivity contribution in [3.05, 3.63) is 29.8 Å². The summed E-state index contributed by atoms with van der Waals surface area (Å²) in [5, 5.41) is 0. The van der Waals surface area contributed by atoms with Crippen molar-refractivity contribution in [3.63, 3.8) is 0 Å². The van der Waals surface area contributed by atoms with E-state index in [-0.39, 0.29) is 6.10 Å². The topological polar surface area (TPSA) is 13.7 Å². The molecule has 1 N–H and O–H groups in total. The van der Waals surface area contributed by atoms with Gasteiger partial charge in [-0.3, -0.25) is 0 Å². The van der Waals surface area contributed by atoms with Crippen LogP contribution in [0.4, 0.5) is 0 Å². The van der Waals surface area contributed by atoms with Gasteiger partial charge in [0.15, 0.2) is 0 Å². The molecule has 1 aliphatic heterocycles. The summed E-state index contributed by atoms with van der Waals surface area (Å²) in [6, 6.07) is 8.89. The van der Waals surface area contributed by atoms with Crippen LogP contribution >= 0.6 is 0 Å². The van der Waals surface area contributed by atoms with Crippen LogP contribution in [0.15, 0.2) is 24.3 Å². The molecule has 23 heavy (non-hydrogen) atoms. The SMILES string of the molecule is CC(C)CC[C@@H](CC[NH+]1CCCC1)c1ccc(OC(C)C)cc1. The molecule has 2 heteroatoms. The third-order valence-electron chi connectivity index (χ3n) is 4.97. The summed E-state index contributed by atoms with van der Waals surface area (Å²) in [7, 11) is 0. The van der Waals surface area contributed by atoms with Crippen molar-refractivity contribution in [1.82, 2.24) is 0 Å². The molecule has 0 aromatic heterocycles. The van der Waals surface area contributed by atoms with Crippen LogP contribution in [0.3, 0.4) is 0 Å². The molecule has 1 aromatic carbocycles. The Bertz CT molecular complexity index is 432. The highest BCUT2D eigenvalue weighted by Gasteiger charge is 2.19. The Morgan fingerprint density at radius 2 is 1.57 bits per heavy atom. The molecular formula is C21H36NO+. The van der Waals surface area contributed by atoms with Crippen molar-refractivity contribution < 1.29 is 9.64 Å². The molecule has 0 unspecified atom stereocenters. The van der Waals surface area contributed by atoms with Crippen molar-refractivity contribution >= 4 is 0 Å². The molecule has 2 rings (SSSR count). The number of benzene rings is 1. The fraction of sp³-hybridized carbons (Fsp3) is 0.714. The maximum Gasteiger partial charge on any atom is 0.119 e. The molecule has 1 heterocycles. The smallest absolute Gasteiger partial charge is 0.119 e. The van der Waals surface area contributed by atoms with Gasteiger partial charge in [-0.1, -0.05) is 32.4 Å². The average Bonchev–Trinajstić information content (AvgIpc) is 3.01. The third kappa shape index (κ3) is 6.55. The standard InChI is InChI=1S/C21H35NO/c1-17(2)7-8-20(13-16-22-14-5-6-15-22)19-9-11-21(12-10-19)23-18(3)4/h9-12,17-18,20H,5-8,13-16H2,1-4H3/p+1/t20-/m0/s1. The van der Waals surface area contributed by atoms with Crippen molar-refractivity contribution in [2.45, 2.75) is 71.8 Å². The van der Waals surface area contributed by atoms with Crippen LogP contribution in [-0.4, -0.2) is 25.7 Å². The van der Waals surface area contributed by atoms with Gasteiger partial charge in [-0.15, -0.1) is 0 Å². The van der Waals surface area contributed by atoms with Gasteiger partial charge in [-0.05, 0) is 49.8 Å². The summed E-state index contributed by atoms with van der Waals surface area (Å²) in [6.45, 7) is 12.9. The van der Waals surface area contributed by atoms with Gasteiger partial charge < -0.3 is 9.64 Å². The normalized spacial score (nSPS) is 17.1. The van der Waals surface area contributed by atoms with Crippen molar-refractivity contribution in [1.29, 1.82) is 0 Å². The van der Waals surface area contributed by atoms with E-state index in [1.54, 1.807) is 0 Å². The highest BCUT2D eigenvalue weighted by Crippen LogP contribution is 2.28. The lowest BCUT2D eigenvalue weighted by Crippen LogP contribution is -3.10. The molecule has 1 saturated heterocycles. The quantitative estimate of drug-likeness (QED) is 0.725. The summed E-state index contributed by atoms with van der Waals surface area (Å²) < 4.78 is 5.78. The van der Waals surface area contributed by atoms with Crippen LogP contribution in [0, 0.1) is 5.92 Å². The zero-order valence-electron chi connectivity index (χ0n) is 15.6. The van der Waals surface area contributed by atoms with Crippen LogP contribution in [0.2, 0.25) is 0 Å². The molecule has 0 bridgehead atoms. The summed E-state index contributed by atoms with van der Waals surface area (Å²) in [5.41, 5.74) is 1.50. The van der Waals surface area contributed by atoms with Gasteiger partial charge in [0.25, 0.3) is 0 Å². The van der Waals surface area contributed by atoms with Crippen molar-refractivity contribution in [2.75, 3.05) is 19.6 Å². The highest BCUT2D eigenvalue weighted by atomic mass is 16.5. The number of hydrogen-bond donors (Lipinski definition) is 1. The monoisotopic (exact) mass is 318 g/mol. The van der Waals surface area contributed by atoms with Gasteiger partial charge in [0, 0.05) is 19.3 Å². The van der Waals surface area contributed by atoms with E-state index in [0.29, 0.717) is 5.92 Å². The van der Waals surface area contributed by atoms with E-state index in [2.05, 4.69) is 52.0 Å². The Morgan fingerprint density at radius 3 is 2.13 bits per heavy atom. The molecule has 0 aliphatic carbocycles. The molecule has 1 aliphatic rings. The second-order valence-electron chi connectivity index (χ2n) is 7.90.